The molecule has 0 saturated heterocycles. The Bertz CT molecular complexity index is 763. The quantitative estimate of drug-likeness (QED) is 0.170. The van der Waals surface area contributed by atoms with E-state index in [1.807, 2.05) is 30.3 Å². The summed E-state index contributed by atoms with van der Waals surface area (Å²) in [6.45, 7) is 2.12. The number of unbranched alkanes of at least 4 members (excludes halogenated alkanes) is 1. The number of anilines is 1. The Morgan fingerprint density at radius 2 is 2.00 bits per heavy atom. The highest BCUT2D eigenvalue weighted by molar-refractivity contribution is 7.80. The van der Waals surface area contributed by atoms with E-state index in [1.165, 1.54) is 19.3 Å². The standard InChI is InChI=1S/C23H31N3O2S/c1-16(25-26-23(29)24-19-9-5-4-6-10-19)22-18-14-13-17(15-18)20(22)11-7-2-3-8-12-21(27)28/h2,4-7,9-10,17-18,20,22H,3,8,11-15H2,1H3,(H,27,28)(H2,24,26,29)/b7-2+,25-16+/t17-,18+,20-,22-/m0/s1. The van der Waals surface area contributed by atoms with Crippen LogP contribution in [0.4, 0.5) is 5.69 Å². The van der Waals surface area contributed by atoms with E-state index in [1.54, 1.807) is 0 Å². The Labute approximate surface area is 178 Å². The van der Waals surface area contributed by atoms with Crippen LogP contribution in [0, 0.1) is 23.7 Å². The topological polar surface area (TPSA) is 73.7 Å². The zero-order valence-corrected chi connectivity index (χ0v) is 17.8. The first-order valence-corrected chi connectivity index (χ1v) is 11.0. The van der Waals surface area contributed by atoms with Gasteiger partial charge in [0.05, 0.1) is 0 Å². The normalized spacial score (nSPS) is 26.0. The van der Waals surface area contributed by atoms with E-state index in [0.717, 1.165) is 36.1 Å². The van der Waals surface area contributed by atoms with Gasteiger partial charge < -0.3 is 10.4 Å². The van der Waals surface area contributed by atoms with Gasteiger partial charge in [-0.3, -0.25) is 10.2 Å². The molecule has 0 spiro atoms. The molecule has 156 valence electrons. The lowest BCUT2D eigenvalue weighted by Crippen LogP contribution is -2.31. The van der Waals surface area contributed by atoms with Crippen LogP contribution in [0.5, 0.6) is 0 Å². The summed E-state index contributed by atoms with van der Waals surface area (Å²) in [5.74, 6) is 1.93. The maximum absolute atomic E-state index is 10.6. The van der Waals surface area contributed by atoms with Crippen molar-refractivity contribution in [2.45, 2.75) is 51.9 Å². The largest absolute Gasteiger partial charge is 0.481 e. The molecule has 3 rings (SSSR count). The molecule has 4 atom stereocenters. The monoisotopic (exact) mass is 413 g/mol. The number of hydrogen-bond donors (Lipinski definition) is 3. The maximum Gasteiger partial charge on any atom is 0.303 e. The number of fused-ring (bicyclic) bond motifs is 2. The fourth-order valence-corrected chi connectivity index (χ4v) is 5.20. The molecule has 2 saturated carbocycles. The predicted octanol–water partition coefficient (Wildman–Crippen LogP) is 5.21. The van der Waals surface area contributed by atoms with E-state index < -0.39 is 5.97 Å². The molecule has 3 N–H and O–H groups in total. The van der Waals surface area contributed by atoms with Crippen LogP contribution < -0.4 is 10.7 Å². The Kier molecular flexibility index (Phi) is 7.81. The van der Waals surface area contributed by atoms with Crippen LogP contribution in [0.25, 0.3) is 0 Å². The van der Waals surface area contributed by atoms with Gasteiger partial charge in [0.1, 0.15) is 0 Å². The van der Waals surface area contributed by atoms with Gasteiger partial charge in [-0.15, -0.1) is 0 Å². The van der Waals surface area contributed by atoms with Crippen LogP contribution in [0.3, 0.4) is 0 Å². The molecule has 2 aliphatic carbocycles. The number of benzene rings is 1. The van der Waals surface area contributed by atoms with Crippen molar-refractivity contribution >= 4 is 34.7 Å². The second kappa shape index (κ2) is 10.5. The number of nitrogens with one attached hydrogen (secondary N) is 2. The number of allylic oxidation sites excluding steroid dienone is 2. The lowest BCUT2D eigenvalue weighted by Gasteiger charge is -2.30. The average molecular weight is 414 g/mol. The molecule has 2 bridgehead atoms. The van der Waals surface area contributed by atoms with E-state index in [4.69, 9.17) is 17.3 Å². The summed E-state index contributed by atoms with van der Waals surface area (Å²) in [6, 6.07) is 9.85. The molecule has 0 unspecified atom stereocenters. The van der Waals surface area contributed by atoms with Crippen LogP contribution in [0.15, 0.2) is 47.6 Å². The lowest BCUT2D eigenvalue weighted by atomic mass is 9.75. The van der Waals surface area contributed by atoms with E-state index in [9.17, 15) is 4.79 Å². The Morgan fingerprint density at radius 1 is 1.24 bits per heavy atom. The third-order valence-electron chi connectivity index (χ3n) is 6.27. The average Bonchev–Trinajstić information content (AvgIpc) is 3.31. The van der Waals surface area contributed by atoms with Crippen molar-refractivity contribution in [3.8, 4) is 0 Å². The first-order chi connectivity index (χ1) is 14.0. The van der Waals surface area contributed by atoms with Gasteiger partial charge in [-0.25, -0.2) is 0 Å². The highest BCUT2D eigenvalue weighted by atomic mass is 32.1. The van der Waals surface area contributed by atoms with Gasteiger partial charge in [0.2, 0.25) is 0 Å². The third kappa shape index (κ3) is 6.13. The van der Waals surface area contributed by atoms with E-state index in [2.05, 4.69) is 34.9 Å². The Hall–Kier alpha value is -2.21. The number of hydrazone groups is 1. The summed E-state index contributed by atoms with van der Waals surface area (Å²) in [5.41, 5.74) is 5.10. The molecule has 1 aromatic carbocycles. The summed E-state index contributed by atoms with van der Waals surface area (Å²) in [7, 11) is 0. The van der Waals surface area contributed by atoms with Crippen LogP contribution in [0.2, 0.25) is 0 Å². The summed E-state index contributed by atoms with van der Waals surface area (Å²) < 4.78 is 0. The fourth-order valence-electron chi connectivity index (χ4n) is 5.04. The Balaban J connectivity index is 1.52. The number of para-hydroxylation sites is 1. The first-order valence-electron chi connectivity index (χ1n) is 10.6. The van der Waals surface area contributed by atoms with Gasteiger partial charge in [-0.05, 0) is 87.6 Å². The van der Waals surface area contributed by atoms with Crippen molar-refractivity contribution in [1.82, 2.24) is 5.43 Å². The molecule has 6 heteroatoms. The number of rotatable bonds is 9. The number of thiocarbonyl (C=S) groups is 1. The summed E-state index contributed by atoms with van der Waals surface area (Å²) in [6.07, 6.45) is 11.2. The summed E-state index contributed by atoms with van der Waals surface area (Å²) in [4.78, 5) is 10.6. The van der Waals surface area contributed by atoms with Crippen molar-refractivity contribution < 1.29 is 9.90 Å². The highest BCUT2D eigenvalue weighted by Gasteiger charge is 2.47. The molecule has 1 aromatic rings. The molecule has 0 heterocycles. The number of carboxylic acid groups (broad SMARTS) is 1. The van der Waals surface area contributed by atoms with Crippen molar-refractivity contribution in [3.63, 3.8) is 0 Å². The van der Waals surface area contributed by atoms with Crippen LogP contribution in [-0.4, -0.2) is 21.9 Å². The maximum atomic E-state index is 10.6. The smallest absolute Gasteiger partial charge is 0.303 e. The molecule has 0 aliphatic heterocycles. The minimum Gasteiger partial charge on any atom is -0.481 e. The first kappa shape index (κ1) is 21.5. The van der Waals surface area contributed by atoms with Crippen LogP contribution in [-0.2, 0) is 4.79 Å². The number of nitrogens with zero attached hydrogens (tertiary/aromatic N) is 1. The lowest BCUT2D eigenvalue weighted by molar-refractivity contribution is -0.137. The number of hydrogen-bond acceptors (Lipinski definition) is 3. The molecule has 29 heavy (non-hydrogen) atoms. The predicted molar refractivity (Wildman–Crippen MR) is 122 cm³/mol. The van der Waals surface area contributed by atoms with Crippen LogP contribution >= 0.6 is 12.2 Å². The van der Waals surface area contributed by atoms with Gasteiger partial charge in [0.25, 0.3) is 0 Å². The minimum absolute atomic E-state index is 0.245. The van der Waals surface area contributed by atoms with Crippen molar-refractivity contribution in [2.75, 3.05) is 5.32 Å². The second-order valence-electron chi connectivity index (χ2n) is 8.20. The number of carbonyl (C=O) groups is 1. The van der Waals surface area contributed by atoms with Gasteiger partial charge in [0.15, 0.2) is 5.11 Å². The molecular weight excluding hydrogens is 382 g/mol. The van der Waals surface area contributed by atoms with E-state index in [-0.39, 0.29) is 6.42 Å². The molecule has 5 nitrogen and oxygen atoms in total. The minimum atomic E-state index is -0.717. The molecule has 2 fully saturated rings. The van der Waals surface area contributed by atoms with Gasteiger partial charge in [-0.2, -0.15) is 5.10 Å². The van der Waals surface area contributed by atoms with E-state index in [0.29, 0.717) is 23.4 Å². The molecular formula is C23H31N3O2S. The SMILES string of the molecule is C/C(=N\NC(=S)Nc1ccccc1)[C@H]1[C@@H]2CC[C@@H](C2)[C@@H]1C/C=C/CCCC(=O)O. The van der Waals surface area contributed by atoms with Crippen molar-refractivity contribution in [1.29, 1.82) is 0 Å². The third-order valence-corrected chi connectivity index (χ3v) is 6.47. The molecule has 2 aliphatic rings. The van der Waals surface area contributed by atoms with Crippen molar-refractivity contribution in [3.05, 3.63) is 42.5 Å². The molecule has 0 amide bonds. The summed E-state index contributed by atoms with van der Waals surface area (Å²) >= 11 is 5.37. The zero-order valence-electron chi connectivity index (χ0n) is 17.0. The fraction of sp³-hybridized carbons (Fsp3) is 0.522. The van der Waals surface area contributed by atoms with Gasteiger partial charge in [-0.1, -0.05) is 30.4 Å². The Morgan fingerprint density at radius 3 is 2.76 bits per heavy atom. The molecule has 0 aromatic heterocycles. The molecule has 0 radical (unpaired) electrons. The van der Waals surface area contributed by atoms with Crippen molar-refractivity contribution in [2.24, 2.45) is 28.8 Å². The summed E-state index contributed by atoms with van der Waals surface area (Å²) in [5, 5.41) is 17.0. The number of aliphatic carboxylic acids is 1. The van der Waals surface area contributed by atoms with Gasteiger partial charge in [0, 0.05) is 23.7 Å². The van der Waals surface area contributed by atoms with Crippen LogP contribution in [0.1, 0.15) is 51.9 Å². The second-order valence-corrected chi connectivity index (χ2v) is 8.61. The highest BCUT2D eigenvalue weighted by Crippen LogP contribution is 2.54. The van der Waals surface area contributed by atoms with Gasteiger partial charge >= 0.3 is 5.97 Å². The van der Waals surface area contributed by atoms with E-state index >= 15 is 0 Å². The number of carboxylic acids is 1. The zero-order chi connectivity index (χ0) is 20.6.